The quantitative estimate of drug-likeness (QED) is 0.676. The highest BCUT2D eigenvalue weighted by molar-refractivity contribution is 5.32. The van der Waals surface area contributed by atoms with E-state index in [0.29, 0.717) is 0 Å². The molecule has 0 radical (unpaired) electrons. The second-order valence-corrected chi connectivity index (χ2v) is 6.09. The van der Waals surface area contributed by atoms with Crippen LogP contribution in [-0.2, 0) is 6.54 Å². The van der Waals surface area contributed by atoms with E-state index in [1.807, 2.05) is 30.5 Å². The van der Waals surface area contributed by atoms with Crippen molar-refractivity contribution in [1.29, 1.82) is 0 Å². The van der Waals surface area contributed by atoms with Crippen molar-refractivity contribution in [3.05, 3.63) is 102 Å². The summed E-state index contributed by atoms with van der Waals surface area (Å²) in [5.74, 6) is 0. The molecule has 0 aliphatic rings. The summed E-state index contributed by atoms with van der Waals surface area (Å²) in [6.07, 6.45) is 2.57. The van der Waals surface area contributed by atoms with Gasteiger partial charge in [-0.25, -0.2) is 0 Å². The van der Waals surface area contributed by atoms with Crippen molar-refractivity contribution in [2.75, 3.05) is 13.2 Å². The number of aromatic nitrogens is 1. The SMILES string of the molecule is OCCCN(Cc1ccccn1)C(c1ccccc1)c1ccccc1. The fourth-order valence-corrected chi connectivity index (χ4v) is 3.16. The Morgan fingerprint density at radius 1 is 0.800 bits per heavy atom. The second-order valence-electron chi connectivity index (χ2n) is 6.09. The van der Waals surface area contributed by atoms with Gasteiger partial charge in [-0.05, 0) is 29.7 Å². The van der Waals surface area contributed by atoms with E-state index in [9.17, 15) is 5.11 Å². The first kappa shape index (κ1) is 17.3. The van der Waals surface area contributed by atoms with Crippen LogP contribution in [0.1, 0.15) is 29.3 Å². The molecule has 0 saturated carbocycles. The molecule has 3 heteroatoms. The molecule has 1 aromatic heterocycles. The maximum absolute atomic E-state index is 9.36. The van der Waals surface area contributed by atoms with Gasteiger partial charge in [-0.1, -0.05) is 66.7 Å². The summed E-state index contributed by atoms with van der Waals surface area (Å²) in [5, 5.41) is 9.36. The van der Waals surface area contributed by atoms with Crippen molar-refractivity contribution in [3.63, 3.8) is 0 Å². The lowest BCUT2D eigenvalue weighted by Gasteiger charge is -2.32. The largest absolute Gasteiger partial charge is 0.396 e. The molecule has 3 rings (SSSR count). The van der Waals surface area contributed by atoms with Crippen LogP contribution in [-0.4, -0.2) is 28.1 Å². The van der Waals surface area contributed by atoms with E-state index < -0.39 is 0 Å². The number of rotatable bonds is 8. The van der Waals surface area contributed by atoms with Gasteiger partial charge in [0.2, 0.25) is 0 Å². The highest BCUT2D eigenvalue weighted by atomic mass is 16.3. The minimum absolute atomic E-state index is 0.135. The van der Waals surface area contributed by atoms with Crippen molar-refractivity contribution in [2.24, 2.45) is 0 Å². The third-order valence-corrected chi connectivity index (χ3v) is 4.29. The third-order valence-electron chi connectivity index (χ3n) is 4.29. The molecule has 0 fully saturated rings. The molecule has 25 heavy (non-hydrogen) atoms. The molecule has 1 heterocycles. The highest BCUT2D eigenvalue weighted by Crippen LogP contribution is 2.29. The van der Waals surface area contributed by atoms with E-state index in [-0.39, 0.29) is 12.6 Å². The number of pyridine rings is 1. The molecule has 0 spiro atoms. The number of hydrogen-bond acceptors (Lipinski definition) is 3. The number of aliphatic hydroxyl groups excluding tert-OH is 1. The van der Waals surface area contributed by atoms with Gasteiger partial charge < -0.3 is 5.11 Å². The average molecular weight is 332 g/mol. The van der Waals surface area contributed by atoms with Gasteiger partial charge in [0.1, 0.15) is 0 Å². The Labute approximate surface area is 149 Å². The smallest absolute Gasteiger partial charge is 0.0605 e. The zero-order valence-corrected chi connectivity index (χ0v) is 14.3. The Balaban J connectivity index is 1.97. The van der Waals surface area contributed by atoms with Gasteiger partial charge in [-0.15, -0.1) is 0 Å². The van der Waals surface area contributed by atoms with E-state index in [2.05, 4.69) is 64.5 Å². The first-order valence-corrected chi connectivity index (χ1v) is 8.73. The molecule has 128 valence electrons. The van der Waals surface area contributed by atoms with Gasteiger partial charge in [-0.2, -0.15) is 0 Å². The van der Waals surface area contributed by atoms with Crippen molar-refractivity contribution < 1.29 is 5.11 Å². The standard InChI is InChI=1S/C22H24N2O/c25-17-9-16-24(18-21-14-7-8-15-23-21)22(19-10-3-1-4-11-19)20-12-5-2-6-13-20/h1-8,10-15,22,25H,9,16-18H2. The van der Waals surface area contributed by atoms with Gasteiger partial charge >= 0.3 is 0 Å². The van der Waals surface area contributed by atoms with Crippen LogP contribution in [0.15, 0.2) is 85.1 Å². The van der Waals surface area contributed by atoms with Crippen LogP contribution in [0.5, 0.6) is 0 Å². The van der Waals surface area contributed by atoms with E-state index >= 15 is 0 Å². The Kier molecular flexibility index (Phi) is 6.32. The molecule has 0 amide bonds. The number of aliphatic hydroxyl groups is 1. The number of nitrogens with zero attached hydrogens (tertiary/aromatic N) is 2. The molecule has 3 nitrogen and oxygen atoms in total. The Morgan fingerprint density at radius 3 is 1.92 bits per heavy atom. The monoisotopic (exact) mass is 332 g/mol. The van der Waals surface area contributed by atoms with Gasteiger partial charge in [0.05, 0.1) is 11.7 Å². The zero-order chi connectivity index (χ0) is 17.3. The normalized spacial score (nSPS) is 11.2. The van der Waals surface area contributed by atoms with Crippen molar-refractivity contribution in [2.45, 2.75) is 19.0 Å². The van der Waals surface area contributed by atoms with Crippen LogP contribution < -0.4 is 0 Å². The van der Waals surface area contributed by atoms with Crippen LogP contribution in [0.4, 0.5) is 0 Å². The van der Waals surface area contributed by atoms with Crippen LogP contribution in [0.2, 0.25) is 0 Å². The van der Waals surface area contributed by atoms with Crippen molar-refractivity contribution in [1.82, 2.24) is 9.88 Å². The van der Waals surface area contributed by atoms with Gasteiger partial charge in [0.25, 0.3) is 0 Å². The lowest BCUT2D eigenvalue weighted by atomic mass is 9.96. The zero-order valence-electron chi connectivity index (χ0n) is 14.3. The topological polar surface area (TPSA) is 36.4 Å². The maximum Gasteiger partial charge on any atom is 0.0605 e. The Bertz CT molecular complexity index is 692. The van der Waals surface area contributed by atoms with Crippen LogP contribution in [0, 0.1) is 0 Å². The molecule has 0 bridgehead atoms. The molecule has 1 N–H and O–H groups in total. The fourth-order valence-electron chi connectivity index (χ4n) is 3.16. The van der Waals surface area contributed by atoms with Crippen LogP contribution in [0.3, 0.4) is 0 Å². The number of hydrogen-bond donors (Lipinski definition) is 1. The first-order valence-electron chi connectivity index (χ1n) is 8.73. The molecule has 0 aliphatic heterocycles. The summed E-state index contributed by atoms with van der Waals surface area (Å²) >= 11 is 0. The molecule has 0 aliphatic carbocycles. The summed E-state index contributed by atoms with van der Waals surface area (Å²) in [7, 11) is 0. The minimum Gasteiger partial charge on any atom is -0.396 e. The summed E-state index contributed by atoms with van der Waals surface area (Å²) < 4.78 is 0. The van der Waals surface area contributed by atoms with Gasteiger partial charge in [0.15, 0.2) is 0 Å². The molecule has 3 aromatic rings. The summed E-state index contributed by atoms with van der Waals surface area (Å²) in [5.41, 5.74) is 3.54. The summed E-state index contributed by atoms with van der Waals surface area (Å²) in [6.45, 7) is 1.74. The molecular formula is C22H24N2O. The van der Waals surface area contributed by atoms with E-state index in [1.54, 1.807) is 0 Å². The summed E-state index contributed by atoms with van der Waals surface area (Å²) in [6, 6.07) is 27.2. The fraction of sp³-hybridized carbons (Fsp3) is 0.227. The van der Waals surface area contributed by atoms with E-state index in [1.165, 1.54) is 11.1 Å². The summed E-state index contributed by atoms with van der Waals surface area (Å²) in [4.78, 5) is 6.88. The van der Waals surface area contributed by atoms with Crippen LogP contribution in [0.25, 0.3) is 0 Å². The molecule has 0 unspecified atom stereocenters. The number of benzene rings is 2. The molecule has 0 atom stereocenters. The predicted molar refractivity (Wildman–Crippen MR) is 101 cm³/mol. The predicted octanol–water partition coefficient (Wildman–Crippen LogP) is 4.06. The van der Waals surface area contributed by atoms with Crippen molar-refractivity contribution in [3.8, 4) is 0 Å². The molecule has 0 saturated heterocycles. The van der Waals surface area contributed by atoms with Gasteiger partial charge in [0, 0.05) is 25.9 Å². The Morgan fingerprint density at radius 2 is 1.40 bits per heavy atom. The maximum atomic E-state index is 9.36. The van der Waals surface area contributed by atoms with E-state index in [0.717, 1.165) is 25.2 Å². The first-order chi connectivity index (χ1) is 12.4. The molecular weight excluding hydrogens is 308 g/mol. The lowest BCUT2D eigenvalue weighted by molar-refractivity contribution is 0.185. The molecule has 2 aromatic carbocycles. The lowest BCUT2D eigenvalue weighted by Crippen LogP contribution is -2.31. The Hall–Kier alpha value is -2.49. The average Bonchev–Trinajstić information content (AvgIpc) is 2.69. The van der Waals surface area contributed by atoms with Gasteiger partial charge in [-0.3, -0.25) is 9.88 Å². The highest BCUT2D eigenvalue weighted by Gasteiger charge is 2.22. The third kappa shape index (κ3) is 4.75. The second kappa shape index (κ2) is 9.11. The minimum atomic E-state index is 0.135. The van der Waals surface area contributed by atoms with Crippen molar-refractivity contribution >= 4 is 0 Å². The van der Waals surface area contributed by atoms with E-state index in [4.69, 9.17) is 0 Å². The van der Waals surface area contributed by atoms with Crippen LogP contribution >= 0.6 is 0 Å².